The van der Waals surface area contributed by atoms with Crippen molar-refractivity contribution in [1.29, 1.82) is 0 Å². The van der Waals surface area contributed by atoms with Crippen molar-refractivity contribution < 1.29 is 9.53 Å². The maximum atomic E-state index is 12.1. The van der Waals surface area contributed by atoms with Crippen molar-refractivity contribution >= 4 is 5.91 Å². The molecule has 2 aromatic heterocycles. The number of rotatable bonds is 9. The van der Waals surface area contributed by atoms with E-state index in [1.807, 2.05) is 18.2 Å². The Balaban J connectivity index is 0.00000342. The quantitative estimate of drug-likeness (QED) is 0.303. The number of nitrogens with one attached hydrogen (secondary N) is 2. The van der Waals surface area contributed by atoms with Gasteiger partial charge in [-0.05, 0) is 41.8 Å². The van der Waals surface area contributed by atoms with Crippen LogP contribution in [0.4, 0.5) is 0 Å². The van der Waals surface area contributed by atoms with Crippen LogP contribution in [-0.2, 0) is 6.54 Å². The molecule has 0 radical (unpaired) electrons. The smallest absolute Gasteiger partial charge is 0.251 e. The van der Waals surface area contributed by atoms with E-state index in [1.165, 1.54) is 16.7 Å². The highest BCUT2D eigenvalue weighted by molar-refractivity contribution is 5.93. The van der Waals surface area contributed by atoms with Gasteiger partial charge in [0, 0.05) is 48.7 Å². The Labute approximate surface area is 206 Å². The molecule has 35 heavy (non-hydrogen) atoms. The molecule has 0 unspecified atom stereocenters. The van der Waals surface area contributed by atoms with Gasteiger partial charge in [-0.15, -0.1) is 0 Å². The third-order valence-corrected chi connectivity index (χ3v) is 5.67. The third kappa shape index (κ3) is 6.29. The number of ether oxygens (including phenoxy) is 1. The molecule has 4 aromatic rings. The molecule has 0 atom stereocenters. The van der Waals surface area contributed by atoms with Gasteiger partial charge in [-0.3, -0.25) is 9.78 Å². The molecule has 4 rings (SSSR count). The molecule has 5 N–H and O–H groups in total. The van der Waals surface area contributed by atoms with Gasteiger partial charge in [-0.2, -0.15) is 0 Å². The average Bonchev–Trinajstić information content (AvgIpc) is 2.89. The molecular formula is C28H31N5O2. The molecule has 0 aliphatic carbocycles. The number of benzene rings is 2. The zero-order chi connectivity index (χ0) is 23.8. The van der Waals surface area contributed by atoms with Crippen molar-refractivity contribution in [2.45, 2.75) is 13.5 Å². The summed E-state index contributed by atoms with van der Waals surface area (Å²) in [7, 11) is 1.64. The maximum absolute atomic E-state index is 12.1. The van der Waals surface area contributed by atoms with Crippen molar-refractivity contribution in [2.24, 2.45) is 0 Å². The first kappa shape index (κ1) is 25.6. The van der Waals surface area contributed by atoms with Crippen LogP contribution in [0.5, 0.6) is 5.88 Å². The lowest BCUT2D eigenvalue weighted by molar-refractivity contribution is 0.0953. The Hall–Kier alpha value is -4.07. The van der Waals surface area contributed by atoms with Gasteiger partial charge in [-0.25, -0.2) is 4.98 Å². The lowest BCUT2D eigenvalue weighted by Gasteiger charge is -2.14. The molecule has 0 saturated carbocycles. The zero-order valence-corrected chi connectivity index (χ0v) is 20.1. The van der Waals surface area contributed by atoms with Crippen LogP contribution in [0, 0.1) is 6.92 Å². The lowest BCUT2D eigenvalue weighted by atomic mass is 9.94. The monoisotopic (exact) mass is 469 g/mol. The number of pyridine rings is 2. The summed E-state index contributed by atoms with van der Waals surface area (Å²) >= 11 is 0. The fourth-order valence-corrected chi connectivity index (χ4v) is 3.87. The summed E-state index contributed by atoms with van der Waals surface area (Å²) in [5.74, 6) is 0.483. The van der Waals surface area contributed by atoms with Crippen molar-refractivity contribution in [3.63, 3.8) is 0 Å². The summed E-state index contributed by atoms with van der Waals surface area (Å²) in [5.41, 5.74) is 7.08. The highest BCUT2D eigenvalue weighted by atomic mass is 16.5. The fraction of sp³-hybridized carbons (Fsp3) is 0.179. The number of hydrogen-bond acceptors (Lipinski definition) is 6. The highest BCUT2D eigenvalue weighted by Crippen LogP contribution is 2.32. The van der Waals surface area contributed by atoms with Gasteiger partial charge in [0.1, 0.15) is 0 Å². The zero-order valence-electron chi connectivity index (χ0n) is 20.1. The summed E-state index contributed by atoms with van der Waals surface area (Å²) in [5, 5.41) is 6.23. The van der Waals surface area contributed by atoms with Gasteiger partial charge >= 0.3 is 0 Å². The van der Waals surface area contributed by atoms with Crippen molar-refractivity contribution in [3.05, 3.63) is 102 Å². The Morgan fingerprint density at radius 2 is 1.63 bits per heavy atom. The molecule has 180 valence electrons. The largest absolute Gasteiger partial charge is 0.481 e. The molecule has 0 saturated heterocycles. The van der Waals surface area contributed by atoms with Crippen LogP contribution in [0.2, 0.25) is 0 Å². The van der Waals surface area contributed by atoms with Crippen LogP contribution in [0.15, 0.2) is 85.2 Å². The van der Waals surface area contributed by atoms with Crippen LogP contribution in [0.1, 0.15) is 21.5 Å². The van der Waals surface area contributed by atoms with Gasteiger partial charge in [0.15, 0.2) is 0 Å². The van der Waals surface area contributed by atoms with Crippen molar-refractivity contribution in [2.75, 3.05) is 20.2 Å². The molecule has 2 aromatic carbocycles. The number of hydrogen-bond donors (Lipinski definition) is 3. The minimum absolute atomic E-state index is 0. The second-order valence-corrected chi connectivity index (χ2v) is 7.88. The van der Waals surface area contributed by atoms with E-state index in [4.69, 9.17) is 9.72 Å². The maximum Gasteiger partial charge on any atom is 0.251 e. The van der Waals surface area contributed by atoms with Crippen LogP contribution >= 0.6 is 0 Å². The van der Waals surface area contributed by atoms with Crippen molar-refractivity contribution in [3.8, 4) is 28.3 Å². The molecule has 2 heterocycles. The van der Waals surface area contributed by atoms with E-state index in [1.54, 1.807) is 31.6 Å². The van der Waals surface area contributed by atoms with Gasteiger partial charge in [0.05, 0.1) is 12.8 Å². The third-order valence-electron chi connectivity index (χ3n) is 5.67. The van der Waals surface area contributed by atoms with E-state index in [2.05, 4.69) is 65.0 Å². The van der Waals surface area contributed by atoms with Crippen LogP contribution in [0.3, 0.4) is 0 Å². The first-order valence-electron chi connectivity index (χ1n) is 11.3. The van der Waals surface area contributed by atoms with Gasteiger partial charge in [0.25, 0.3) is 5.91 Å². The standard InChI is InChI=1S/C28H28N4O2.H3N/c1-20-24(21-7-4-3-5-8-21)9-6-10-25(20)26-12-11-23(28(32-26)34-2)19-30-17-18-31-27(33)22-13-15-29-16-14-22;/h3-16,30H,17-19H2,1-2H3,(H,31,33);1H3. The minimum Gasteiger partial charge on any atom is -0.481 e. The van der Waals surface area contributed by atoms with Crippen LogP contribution in [0.25, 0.3) is 22.4 Å². The van der Waals surface area contributed by atoms with E-state index >= 15 is 0 Å². The number of methoxy groups -OCH3 is 1. The fourth-order valence-electron chi connectivity index (χ4n) is 3.87. The summed E-state index contributed by atoms with van der Waals surface area (Å²) < 4.78 is 5.59. The second kappa shape index (κ2) is 12.4. The normalized spacial score (nSPS) is 10.3. The number of nitrogens with zero attached hydrogens (tertiary/aromatic N) is 2. The van der Waals surface area contributed by atoms with Crippen LogP contribution < -0.4 is 21.5 Å². The Morgan fingerprint density at radius 1 is 0.886 bits per heavy atom. The lowest BCUT2D eigenvalue weighted by Crippen LogP contribution is -2.31. The topological polar surface area (TPSA) is 111 Å². The average molecular weight is 470 g/mol. The number of amides is 1. The molecule has 1 amide bonds. The van der Waals surface area contributed by atoms with Gasteiger partial charge in [0.2, 0.25) is 5.88 Å². The number of carbonyl (C=O) groups is 1. The van der Waals surface area contributed by atoms with E-state index in [0.29, 0.717) is 31.1 Å². The SMILES string of the molecule is COc1nc(-c2cccc(-c3ccccc3)c2C)ccc1CNCCNC(=O)c1ccncc1.N. The van der Waals surface area contributed by atoms with E-state index < -0.39 is 0 Å². The first-order valence-corrected chi connectivity index (χ1v) is 11.3. The van der Waals surface area contributed by atoms with E-state index in [0.717, 1.165) is 16.8 Å². The molecule has 0 fully saturated rings. The predicted octanol–water partition coefficient (Wildman–Crippen LogP) is 4.81. The molecular weight excluding hydrogens is 438 g/mol. The molecule has 0 aliphatic heterocycles. The Morgan fingerprint density at radius 3 is 2.37 bits per heavy atom. The number of aromatic nitrogens is 2. The minimum atomic E-state index is -0.110. The second-order valence-electron chi connectivity index (χ2n) is 7.88. The van der Waals surface area contributed by atoms with Gasteiger partial charge in [-0.1, -0.05) is 54.6 Å². The molecule has 7 heteroatoms. The summed E-state index contributed by atoms with van der Waals surface area (Å²) in [6, 6.07) is 24.1. The van der Waals surface area contributed by atoms with Gasteiger partial charge < -0.3 is 21.5 Å². The molecule has 7 nitrogen and oxygen atoms in total. The van der Waals surface area contributed by atoms with E-state index in [-0.39, 0.29) is 12.1 Å². The molecule has 0 aliphatic rings. The van der Waals surface area contributed by atoms with E-state index in [9.17, 15) is 4.79 Å². The summed E-state index contributed by atoms with van der Waals surface area (Å²) in [6.07, 6.45) is 3.21. The summed E-state index contributed by atoms with van der Waals surface area (Å²) in [4.78, 5) is 20.8. The van der Waals surface area contributed by atoms with Crippen LogP contribution in [-0.4, -0.2) is 36.1 Å². The summed E-state index contributed by atoms with van der Waals surface area (Å²) in [6.45, 7) is 3.85. The number of carbonyl (C=O) groups excluding carboxylic acids is 1. The van der Waals surface area contributed by atoms with Crippen molar-refractivity contribution in [1.82, 2.24) is 26.8 Å². The Bertz CT molecular complexity index is 1250. The highest BCUT2D eigenvalue weighted by Gasteiger charge is 2.12. The molecule has 0 bridgehead atoms. The Kier molecular flexibility index (Phi) is 9.06. The predicted molar refractivity (Wildman–Crippen MR) is 140 cm³/mol. The first-order chi connectivity index (χ1) is 16.7. The molecule has 0 spiro atoms.